The van der Waals surface area contributed by atoms with Crippen LogP contribution in [0, 0.1) is 12.7 Å². The number of halogens is 1. The van der Waals surface area contributed by atoms with E-state index in [0.29, 0.717) is 5.75 Å². The first-order valence-corrected chi connectivity index (χ1v) is 6.87. The Morgan fingerprint density at radius 2 is 1.90 bits per heavy atom. The van der Waals surface area contributed by atoms with Gasteiger partial charge in [0.1, 0.15) is 17.7 Å². The van der Waals surface area contributed by atoms with Crippen LogP contribution in [0.25, 0.3) is 0 Å². The third kappa shape index (κ3) is 2.41. The molecule has 1 aliphatic heterocycles. The Bertz CT molecular complexity index is 609. The highest BCUT2D eigenvalue weighted by atomic mass is 19.1. The third-order valence-corrected chi connectivity index (χ3v) is 3.87. The van der Waals surface area contributed by atoms with Crippen LogP contribution in [-0.2, 0) is 0 Å². The highest BCUT2D eigenvalue weighted by molar-refractivity contribution is 5.40. The van der Waals surface area contributed by atoms with Gasteiger partial charge in [0, 0.05) is 24.1 Å². The molecule has 3 rings (SSSR count). The van der Waals surface area contributed by atoms with E-state index in [1.807, 2.05) is 7.05 Å². The highest BCUT2D eigenvalue weighted by Crippen LogP contribution is 2.40. The molecule has 0 amide bonds. The van der Waals surface area contributed by atoms with Crippen molar-refractivity contribution >= 4 is 0 Å². The molecule has 20 heavy (non-hydrogen) atoms. The van der Waals surface area contributed by atoms with Gasteiger partial charge in [0.05, 0.1) is 0 Å². The van der Waals surface area contributed by atoms with Crippen molar-refractivity contribution in [2.24, 2.45) is 0 Å². The summed E-state index contributed by atoms with van der Waals surface area (Å²) in [7, 11) is 1.93. The number of hydrogen-bond acceptors (Lipinski definition) is 2. The molecule has 0 saturated heterocycles. The zero-order valence-corrected chi connectivity index (χ0v) is 11.7. The van der Waals surface area contributed by atoms with Gasteiger partial charge < -0.3 is 10.1 Å². The standard InChI is InChI=1S/C17H18FNO/c1-11-3-5-12(6-4-11)16-10-15(19-2)14-8-7-13(18)9-17(14)20-16/h3-9,15-16,19H,10H2,1-2H3. The minimum atomic E-state index is -0.261. The van der Waals surface area contributed by atoms with Crippen LogP contribution >= 0.6 is 0 Å². The van der Waals surface area contributed by atoms with E-state index in [2.05, 4.69) is 36.5 Å². The summed E-state index contributed by atoms with van der Waals surface area (Å²) in [6, 6.07) is 13.3. The van der Waals surface area contributed by atoms with Gasteiger partial charge >= 0.3 is 0 Å². The Morgan fingerprint density at radius 1 is 1.15 bits per heavy atom. The molecular formula is C17H18FNO. The van der Waals surface area contributed by atoms with Gasteiger partial charge in [0.25, 0.3) is 0 Å². The largest absolute Gasteiger partial charge is 0.485 e. The predicted octanol–water partition coefficient (Wildman–Crippen LogP) is 3.92. The van der Waals surface area contributed by atoms with E-state index >= 15 is 0 Å². The normalized spacial score (nSPS) is 21.1. The van der Waals surface area contributed by atoms with Crippen molar-refractivity contribution < 1.29 is 9.13 Å². The number of nitrogens with one attached hydrogen (secondary N) is 1. The summed E-state index contributed by atoms with van der Waals surface area (Å²) < 4.78 is 19.4. The lowest BCUT2D eigenvalue weighted by molar-refractivity contribution is 0.153. The molecule has 0 aliphatic carbocycles. The number of rotatable bonds is 2. The Balaban J connectivity index is 1.95. The molecule has 1 aliphatic rings. The lowest BCUT2D eigenvalue weighted by atomic mass is 9.93. The van der Waals surface area contributed by atoms with Crippen LogP contribution < -0.4 is 10.1 Å². The molecule has 2 unspecified atom stereocenters. The third-order valence-electron chi connectivity index (χ3n) is 3.87. The van der Waals surface area contributed by atoms with Crippen LogP contribution in [0.4, 0.5) is 4.39 Å². The monoisotopic (exact) mass is 271 g/mol. The molecule has 2 aromatic carbocycles. The molecule has 0 radical (unpaired) electrons. The fourth-order valence-corrected chi connectivity index (χ4v) is 2.70. The first kappa shape index (κ1) is 13.1. The van der Waals surface area contributed by atoms with E-state index < -0.39 is 0 Å². The van der Waals surface area contributed by atoms with Crippen LogP contribution in [0.5, 0.6) is 5.75 Å². The molecular weight excluding hydrogens is 253 g/mol. The van der Waals surface area contributed by atoms with E-state index in [0.717, 1.165) is 17.5 Å². The Kier molecular flexibility index (Phi) is 3.45. The van der Waals surface area contributed by atoms with Crippen molar-refractivity contribution in [3.05, 3.63) is 65.0 Å². The van der Waals surface area contributed by atoms with Crippen molar-refractivity contribution in [2.45, 2.75) is 25.5 Å². The molecule has 3 heteroatoms. The van der Waals surface area contributed by atoms with E-state index in [4.69, 9.17) is 4.74 Å². The summed E-state index contributed by atoms with van der Waals surface area (Å²) in [4.78, 5) is 0. The second-order valence-corrected chi connectivity index (χ2v) is 5.28. The maximum atomic E-state index is 13.4. The molecule has 0 fully saturated rings. The minimum absolute atomic E-state index is 0.0395. The second kappa shape index (κ2) is 5.25. The van der Waals surface area contributed by atoms with Crippen molar-refractivity contribution in [2.75, 3.05) is 7.05 Å². The van der Waals surface area contributed by atoms with Gasteiger partial charge in [0.2, 0.25) is 0 Å². The number of fused-ring (bicyclic) bond motifs is 1. The molecule has 2 aromatic rings. The SMILES string of the molecule is CNC1CC(c2ccc(C)cc2)Oc2cc(F)ccc21. The number of aryl methyl sites for hydroxylation is 1. The first-order chi connectivity index (χ1) is 9.67. The summed E-state index contributed by atoms with van der Waals surface area (Å²) in [5.74, 6) is 0.379. The molecule has 0 bridgehead atoms. The summed E-state index contributed by atoms with van der Waals surface area (Å²) in [5.41, 5.74) is 3.38. The fraction of sp³-hybridized carbons (Fsp3) is 0.294. The van der Waals surface area contributed by atoms with Crippen LogP contribution in [0.3, 0.4) is 0 Å². The lowest BCUT2D eigenvalue weighted by Crippen LogP contribution is -2.26. The summed E-state index contributed by atoms with van der Waals surface area (Å²) >= 11 is 0. The Hall–Kier alpha value is -1.87. The Labute approximate surface area is 118 Å². The zero-order valence-electron chi connectivity index (χ0n) is 11.7. The van der Waals surface area contributed by atoms with Gasteiger partial charge in [-0.25, -0.2) is 4.39 Å². The van der Waals surface area contributed by atoms with Gasteiger partial charge in [0.15, 0.2) is 0 Å². The maximum Gasteiger partial charge on any atom is 0.127 e. The van der Waals surface area contributed by atoms with Crippen LogP contribution in [0.2, 0.25) is 0 Å². The first-order valence-electron chi connectivity index (χ1n) is 6.87. The van der Waals surface area contributed by atoms with Crippen LogP contribution in [-0.4, -0.2) is 7.05 Å². The molecule has 0 aromatic heterocycles. The number of hydrogen-bond donors (Lipinski definition) is 1. The second-order valence-electron chi connectivity index (χ2n) is 5.28. The summed E-state index contributed by atoms with van der Waals surface area (Å²) in [5, 5.41) is 3.29. The topological polar surface area (TPSA) is 21.3 Å². The summed E-state index contributed by atoms with van der Waals surface area (Å²) in [6.07, 6.45) is 0.806. The molecule has 104 valence electrons. The smallest absolute Gasteiger partial charge is 0.127 e. The molecule has 0 saturated carbocycles. The van der Waals surface area contributed by atoms with Crippen molar-refractivity contribution in [3.63, 3.8) is 0 Å². The lowest BCUT2D eigenvalue weighted by Gasteiger charge is -2.32. The highest BCUT2D eigenvalue weighted by Gasteiger charge is 2.28. The molecule has 2 atom stereocenters. The quantitative estimate of drug-likeness (QED) is 0.894. The molecule has 2 nitrogen and oxygen atoms in total. The molecule has 1 N–H and O–H groups in total. The average molecular weight is 271 g/mol. The van der Waals surface area contributed by atoms with Crippen molar-refractivity contribution in [1.29, 1.82) is 0 Å². The van der Waals surface area contributed by atoms with E-state index in [1.54, 1.807) is 6.07 Å². The van der Waals surface area contributed by atoms with Gasteiger partial charge in [-0.2, -0.15) is 0 Å². The number of ether oxygens (including phenoxy) is 1. The van der Waals surface area contributed by atoms with Crippen molar-refractivity contribution in [3.8, 4) is 5.75 Å². The molecule has 0 spiro atoms. The van der Waals surface area contributed by atoms with E-state index in [9.17, 15) is 4.39 Å². The van der Waals surface area contributed by atoms with Crippen LogP contribution in [0.15, 0.2) is 42.5 Å². The fourth-order valence-electron chi connectivity index (χ4n) is 2.70. The van der Waals surface area contributed by atoms with Gasteiger partial charge in [-0.05, 0) is 25.6 Å². The Morgan fingerprint density at radius 3 is 2.60 bits per heavy atom. The summed E-state index contributed by atoms with van der Waals surface area (Å²) in [6.45, 7) is 2.06. The number of benzene rings is 2. The van der Waals surface area contributed by atoms with Crippen molar-refractivity contribution in [1.82, 2.24) is 5.32 Å². The maximum absolute atomic E-state index is 13.4. The average Bonchev–Trinajstić information content (AvgIpc) is 2.46. The van der Waals surface area contributed by atoms with Gasteiger partial charge in [-0.1, -0.05) is 35.9 Å². The van der Waals surface area contributed by atoms with Crippen LogP contribution in [0.1, 0.15) is 35.3 Å². The van der Waals surface area contributed by atoms with E-state index in [-0.39, 0.29) is 18.0 Å². The van der Waals surface area contributed by atoms with Gasteiger partial charge in [-0.15, -0.1) is 0 Å². The van der Waals surface area contributed by atoms with Gasteiger partial charge in [-0.3, -0.25) is 0 Å². The minimum Gasteiger partial charge on any atom is -0.485 e. The zero-order chi connectivity index (χ0) is 14.1. The van der Waals surface area contributed by atoms with E-state index in [1.165, 1.54) is 17.7 Å². The molecule has 1 heterocycles. The predicted molar refractivity (Wildman–Crippen MR) is 77.4 cm³/mol.